The first-order valence-corrected chi connectivity index (χ1v) is 14.1. The van der Waals surface area contributed by atoms with Gasteiger partial charge in [-0.3, -0.25) is 19.3 Å². The van der Waals surface area contributed by atoms with Gasteiger partial charge in [0.05, 0.1) is 12.0 Å². The van der Waals surface area contributed by atoms with E-state index in [0.29, 0.717) is 25.5 Å². The molecule has 0 aromatic carbocycles. The molecule has 0 aromatic heterocycles. The lowest BCUT2D eigenvalue weighted by Crippen LogP contribution is -2.59. The Morgan fingerprint density at radius 2 is 1.29 bits per heavy atom. The highest BCUT2D eigenvalue weighted by Crippen LogP contribution is 2.60. The lowest BCUT2D eigenvalue weighted by atomic mass is 9.49. The summed E-state index contributed by atoms with van der Waals surface area (Å²) in [5.41, 5.74) is -0.162. The molecule has 1 atom stereocenters. The quantitative estimate of drug-likeness (QED) is 0.633. The van der Waals surface area contributed by atoms with Crippen molar-refractivity contribution in [3.8, 4) is 0 Å². The lowest BCUT2D eigenvalue weighted by Gasteiger charge is -2.56. The van der Waals surface area contributed by atoms with Crippen LogP contribution in [-0.4, -0.2) is 95.7 Å². The van der Waals surface area contributed by atoms with Gasteiger partial charge < -0.3 is 14.7 Å². The van der Waals surface area contributed by atoms with Crippen molar-refractivity contribution < 1.29 is 14.4 Å². The van der Waals surface area contributed by atoms with Gasteiger partial charge in [0.1, 0.15) is 6.04 Å². The lowest BCUT2D eigenvalue weighted by molar-refractivity contribution is -0.162. The summed E-state index contributed by atoms with van der Waals surface area (Å²) in [6.45, 7) is 5.86. The molecule has 4 saturated carbocycles. The Kier molecular flexibility index (Phi) is 6.11. The largest absolute Gasteiger partial charge is 0.342 e. The van der Waals surface area contributed by atoms with Crippen molar-refractivity contribution in [1.29, 1.82) is 0 Å². The molecular formula is C27H42N4O3. The molecule has 3 saturated heterocycles. The van der Waals surface area contributed by atoms with E-state index in [4.69, 9.17) is 0 Å². The van der Waals surface area contributed by atoms with Crippen molar-refractivity contribution in [2.45, 2.75) is 76.7 Å². The fraction of sp³-hybridized carbons (Fsp3) is 0.889. The van der Waals surface area contributed by atoms with Crippen LogP contribution in [0, 0.1) is 23.2 Å². The molecular weight excluding hydrogens is 428 g/mol. The molecule has 3 aliphatic heterocycles. The Balaban J connectivity index is 1.05. The standard InChI is InChI=1S/C27H42N4O3/c32-24(29-6-2-1-3-7-29)19-28-9-11-30(12-10-28)25(33)23-5-4-8-31(23)26(34)27-16-20-13-21(17-27)15-22(14-20)18-27/h20-23H,1-19H2. The number of hydrogen-bond donors (Lipinski definition) is 0. The third-order valence-corrected chi connectivity index (χ3v) is 10.0. The predicted molar refractivity (Wildman–Crippen MR) is 129 cm³/mol. The summed E-state index contributed by atoms with van der Waals surface area (Å²) in [4.78, 5) is 48.3. The fourth-order valence-corrected chi connectivity index (χ4v) is 8.72. The topological polar surface area (TPSA) is 64.2 Å². The molecule has 188 valence electrons. The van der Waals surface area contributed by atoms with Gasteiger partial charge in [-0.25, -0.2) is 0 Å². The molecule has 4 bridgehead atoms. The van der Waals surface area contributed by atoms with E-state index in [0.717, 1.165) is 95.4 Å². The second-order valence-corrected chi connectivity index (χ2v) is 12.4. The maximum Gasteiger partial charge on any atom is 0.245 e. The Morgan fingerprint density at radius 3 is 1.91 bits per heavy atom. The first-order chi connectivity index (χ1) is 16.5. The van der Waals surface area contributed by atoms with Gasteiger partial charge in [-0.05, 0) is 88.4 Å². The number of nitrogens with zero attached hydrogens (tertiary/aromatic N) is 4. The number of rotatable bonds is 4. The van der Waals surface area contributed by atoms with E-state index in [9.17, 15) is 14.4 Å². The molecule has 7 rings (SSSR count). The van der Waals surface area contributed by atoms with Crippen molar-refractivity contribution in [3.63, 3.8) is 0 Å². The van der Waals surface area contributed by atoms with Crippen LogP contribution in [0.25, 0.3) is 0 Å². The number of likely N-dealkylation sites (tertiary alicyclic amines) is 2. The normalized spacial score (nSPS) is 37.9. The van der Waals surface area contributed by atoms with Crippen LogP contribution in [0.15, 0.2) is 0 Å². The van der Waals surface area contributed by atoms with E-state index < -0.39 is 0 Å². The molecule has 0 spiro atoms. The summed E-state index contributed by atoms with van der Waals surface area (Å²) in [6, 6.07) is -0.262. The van der Waals surface area contributed by atoms with Crippen molar-refractivity contribution in [2.75, 3.05) is 52.4 Å². The first kappa shape index (κ1) is 22.8. The average molecular weight is 471 g/mol. The smallest absolute Gasteiger partial charge is 0.245 e. The maximum atomic E-state index is 13.9. The minimum Gasteiger partial charge on any atom is -0.342 e. The van der Waals surface area contributed by atoms with Crippen LogP contribution in [0.2, 0.25) is 0 Å². The number of piperazine rings is 1. The molecule has 3 amide bonds. The zero-order valence-electron chi connectivity index (χ0n) is 20.8. The number of carbonyl (C=O) groups is 3. The molecule has 7 aliphatic rings. The summed E-state index contributed by atoms with van der Waals surface area (Å²) in [5.74, 6) is 2.93. The van der Waals surface area contributed by atoms with Crippen molar-refractivity contribution in [3.05, 3.63) is 0 Å². The summed E-state index contributed by atoms with van der Waals surface area (Å²) < 4.78 is 0. The van der Waals surface area contributed by atoms with Gasteiger partial charge in [-0.2, -0.15) is 0 Å². The van der Waals surface area contributed by atoms with Crippen LogP contribution in [-0.2, 0) is 14.4 Å². The number of piperidine rings is 1. The highest BCUT2D eigenvalue weighted by Gasteiger charge is 2.57. The summed E-state index contributed by atoms with van der Waals surface area (Å²) in [7, 11) is 0. The Bertz CT molecular complexity index is 779. The van der Waals surface area contributed by atoms with E-state index in [1.165, 1.54) is 25.7 Å². The maximum absolute atomic E-state index is 13.9. The minimum absolute atomic E-state index is 0.151. The van der Waals surface area contributed by atoms with Crippen LogP contribution in [0.3, 0.4) is 0 Å². The Morgan fingerprint density at radius 1 is 0.676 bits per heavy atom. The van der Waals surface area contributed by atoms with Gasteiger partial charge in [0, 0.05) is 45.8 Å². The number of amides is 3. The third kappa shape index (κ3) is 4.16. The third-order valence-electron chi connectivity index (χ3n) is 10.0. The highest BCUT2D eigenvalue weighted by atomic mass is 16.2. The Labute approximate surface area is 204 Å². The van der Waals surface area contributed by atoms with Crippen LogP contribution >= 0.6 is 0 Å². The zero-order chi connectivity index (χ0) is 23.3. The second-order valence-electron chi connectivity index (χ2n) is 12.4. The predicted octanol–water partition coefficient (Wildman–Crippen LogP) is 2.35. The van der Waals surface area contributed by atoms with Gasteiger partial charge in [-0.15, -0.1) is 0 Å². The van der Waals surface area contributed by atoms with Crippen LogP contribution in [0.1, 0.15) is 70.6 Å². The molecule has 7 heteroatoms. The average Bonchev–Trinajstić information content (AvgIpc) is 3.33. The van der Waals surface area contributed by atoms with Gasteiger partial charge in [-0.1, -0.05) is 0 Å². The molecule has 1 unspecified atom stereocenters. The number of hydrogen-bond acceptors (Lipinski definition) is 4. The van der Waals surface area contributed by atoms with Crippen molar-refractivity contribution in [2.24, 2.45) is 23.2 Å². The van der Waals surface area contributed by atoms with Gasteiger partial charge >= 0.3 is 0 Å². The highest BCUT2D eigenvalue weighted by molar-refractivity contribution is 5.91. The summed E-state index contributed by atoms with van der Waals surface area (Å²) in [5, 5.41) is 0. The van der Waals surface area contributed by atoms with Crippen LogP contribution in [0.4, 0.5) is 0 Å². The zero-order valence-corrected chi connectivity index (χ0v) is 20.8. The van der Waals surface area contributed by atoms with E-state index in [2.05, 4.69) is 4.90 Å². The Hall–Kier alpha value is -1.63. The van der Waals surface area contributed by atoms with Gasteiger partial charge in [0.15, 0.2) is 0 Å². The molecule has 3 heterocycles. The molecule has 7 nitrogen and oxygen atoms in total. The van der Waals surface area contributed by atoms with E-state index in [1.807, 2.05) is 14.7 Å². The first-order valence-electron chi connectivity index (χ1n) is 14.1. The van der Waals surface area contributed by atoms with Gasteiger partial charge in [0.2, 0.25) is 17.7 Å². The van der Waals surface area contributed by atoms with Crippen molar-refractivity contribution >= 4 is 17.7 Å². The monoisotopic (exact) mass is 470 g/mol. The van der Waals surface area contributed by atoms with E-state index in [1.54, 1.807) is 0 Å². The molecule has 4 aliphatic carbocycles. The van der Waals surface area contributed by atoms with E-state index in [-0.39, 0.29) is 23.3 Å². The van der Waals surface area contributed by atoms with E-state index >= 15 is 0 Å². The number of carbonyl (C=O) groups excluding carboxylic acids is 3. The van der Waals surface area contributed by atoms with Crippen LogP contribution in [0.5, 0.6) is 0 Å². The molecule has 0 aromatic rings. The van der Waals surface area contributed by atoms with Crippen LogP contribution < -0.4 is 0 Å². The summed E-state index contributed by atoms with van der Waals surface area (Å²) >= 11 is 0. The molecule has 34 heavy (non-hydrogen) atoms. The summed E-state index contributed by atoms with van der Waals surface area (Å²) in [6.07, 6.45) is 12.4. The van der Waals surface area contributed by atoms with Crippen molar-refractivity contribution in [1.82, 2.24) is 19.6 Å². The fourth-order valence-electron chi connectivity index (χ4n) is 8.72. The molecule has 7 fully saturated rings. The van der Waals surface area contributed by atoms with Gasteiger partial charge in [0.25, 0.3) is 0 Å². The second kappa shape index (κ2) is 9.11. The molecule has 0 radical (unpaired) electrons. The SMILES string of the molecule is O=C(CN1CCN(C(=O)C2CCCN2C(=O)C23CC4CC(CC(C4)C2)C3)CC1)N1CCCCC1. The molecule has 0 N–H and O–H groups in total. The minimum atomic E-state index is -0.262.